The number of hydrogen-bond acceptors (Lipinski definition) is 5. The third-order valence-electron chi connectivity index (χ3n) is 3.21. The number of esters is 1. The van der Waals surface area contributed by atoms with Gasteiger partial charge in [-0.2, -0.15) is 0 Å². The van der Waals surface area contributed by atoms with Gasteiger partial charge in [0.2, 0.25) is 5.91 Å². The molecule has 0 atom stereocenters. The summed E-state index contributed by atoms with van der Waals surface area (Å²) in [7, 11) is 0. The van der Waals surface area contributed by atoms with Crippen LogP contribution < -0.4 is 5.32 Å². The summed E-state index contributed by atoms with van der Waals surface area (Å²) >= 11 is 5.82. The third-order valence-corrected chi connectivity index (χ3v) is 3.45. The van der Waals surface area contributed by atoms with Crippen molar-refractivity contribution in [1.82, 2.24) is 0 Å². The summed E-state index contributed by atoms with van der Waals surface area (Å²) in [5, 5.41) is 13.7. The number of nitro groups is 1. The van der Waals surface area contributed by atoms with Crippen molar-refractivity contribution in [3.05, 3.63) is 69.2 Å². The van der Waals surface area contributed by atoms with E-state index in [2.05, 4.69) is 5.32 Å². The number of amides is 1. The molecule has 0 saturated carbocycles. The van der Waals surface area contributed by atoms with Crippen LogP contribution in [0.2, 0.25) is 5.02 Å². The molecule has 1 amide bonds. The van der Waals surface area contributed by atoms with Gasteiger partial charge in [0.15, 0.2) is 0 Å². The van der Waals surface area contributed by atoms with Gasteiger partial charge < -0.3 is 10.1 Å². The van der Waals surface area contributed by atoms with Crippen LogP contribution in [-0.2, 0) is 20.9 Å². The fourth-order valence-electron chi connectivity index (χ4n) is 1.96. The number of carbonyl (C=O) groups is 2. The van der Waals surface area contributed by atoms with Crippen LogP contribution in [0.1, 0.15) is 18.4 Å². The minimum Gasteiger partial charge on any atom is -0.461 e. The second-order valence-electron chi connectivity index (χ2n) is 5.14. The van der Waals surface area contributed by atoms with Crippen molar-refractivity contribution in [1.29, 1.82) is 0 Å². The van der Waals surface area contributed by atoms with Gasteiger partial charge in [-0.15, -0.1) is 0 Å². The smallest absolute Gasteiger partial charge is 0.306 e. The summed E-state index contributed by atoms with van der Waals surface area (Å²) < 4.78 is 5.04. The Hall–Kier alpha value is -2.93. The molecule has 8 heteroatoms. The third kappa shape index (κ3) is 6.23. The fraction of sp³-hybridized carbons (Fsp3) is 0.176. The summed E-state index contributed by atoms with van der Waals surface area (Å²) in [4.78, 5) is 33.5. The molecule has 0 unspecified atom stereocenters. The van der Waals surface area contributed by atoms with E-state index in [0.29, 0.717) is 16.3 Å². The molecule has 0 bridgehead atoms. The van der Waals surface area contributed by atoms with Gasteiger partial charge in [-0.25, -0.2) is 0 Å². The van der Waals surface area contributed by atoms with Crippen LogP contribution >= 0.6 is 11.6 Å². The Labute approximate surface area is 148 Å². The van der Waals surface area contributed by atoms with Crippen LogP contribution in [0.4, 0.5) is 11.4 Å². The molecular formula is C17H15ClN2O5. The first-order chi connectivity index (χ1) is 11.9. The highest BCUT2D eigenvalue weighted by atomic mass is 35.5. The normalized spacial score (nSPS) is 10.1. The number of non-ortho nitro benzene ring substituents is 1. The fourth-order valence-corrected chi connectivity index (χ4v) is 2.15. The molecule has 0 fully saturated rings. The minimum atomic E-state index is -0.528. The Morgan fingerprint density at radius 2 is 1.84 bits per heavy atom. The SMILES string of the molecule is O=C(CCC(=O)OCc1ccc([N+](=O)[O-])cc1)Nc1cccc(Cl)c1. The molecular weight excluding hydrogens is 348 g/mol. The van der Waals surface area contributed by atoms with E-state index in [1.807, 2.05) is 0 Å². The number of ether oxygens (including phenoxy) is 1. The summed E-state index contributed by atoms with van der Waals surface area (Å²) in [5.74, 6) is -0.853. The predicted octanol–water partition coefficient (Wildman–Crippen LogP) is 3.71. The molecule has 0 aliphatic rings. The Morgan fingerprint density at radius 3 is 2.48 bits per heavy atom. The summed E-state index contributed by atoms with van der Waals surface area (Å²) in [6.07, 6.45) is -0.0923. The molecule has 2 aromatic rings. The number of nitro benzene ring substituents is 1. The Kier molecular flexibility index (Phi) is 6.47. The molecule has 0 saturated heterocycles. The molecule has 0 spiro atoms. The van der Waals surface area contributed by atoms with Gasteiger partial charge >= 0.3 is 5.97 Å². The quantitative estimate of drug-likeness (QED) is 0.460. The molecule has 25 heavy (non-hydrogen) atoms. The number of rotatable bonds is 7. The van der Waals surface area contributed by atoms with E-state index in [-0.39, 0.29) is 31.0 Å². The average Bonchev–Trinajstić information content (AvgIpc) is 2.58. The van der Waals surface area contributed by atoms with Gasteiger partial charge in [-0.1, -0.05) is 17.7 Å². The second kappa shape index (κ2) is 8.79. The highest BCUT2D eigenvalue weighted by molar-refractivity contribution is 6.30. The van der Waals surface area contributed by atoms with Crippen molar-refractivity contribution >= 4 is 34.9 Å². The Balaban J connectivity index is 1.73. The molecule has 130 valence electrons. The van der Waals surface area contributed by atoms with Crippen molar-refractivity contribution in [2.45, 2.75) is 19.4 Å². The van der Waals surface area contributed by atoms with Gasteiger partial charge in [0.1, 0.15) is 6.61 Å². The predicted molar refractivity (Wildman–Crippen MR) is 92.2 cm³/mol. The zero-order chi connectivity index (χ0) is 18.2. The highest BCUT2D eigenvalue weighted by Crippen LogP contribution is 2.15. The number of carbonyl (C=O) groups excluding carboxylic acids is 2. The second-order valence-corrected chi connectivity index (χ2v) is 5.58. The molecule has 0 radical (unpaired) electrons. The molecule has 0 aliphatic heterocycles. The highest BCUT2D eigenvalue weighted by Gasteiger charge is 2.10. The maximum absolute atomic E-state index is 11.8. The zero-order valence-corrected chi connectivity index (χ0v) is 13.9. The first-order valence-electron chi connectivity index (χ1n) is 7.38. The summed E-state index contributed by atoms with van der Waals surface area (Å²) in [6.45, 7) is -0.00720. The number of nitrogens with one attached hydrogen (secondary N) is 1. The van der Waals surface area contributed by atoms with Crippen molar-refractivity contribution in [2.75, 3.05) is 5.32 Å². The lowest BCUT2D eigenvalue weighted by Crippen LogP contribution is -2.14. The standard InChI is InChI=1S/C17H15ClN2O5/c18-13-2-1-3-14(10-13)19-16(21)8-9-17(22)25-11-12-4-6-15(7-5-12)20(23)24/h1-7,10H,8-9,11H2,(H,19,21). The molecule has 1 N–H and O–H groups in total. The lowest BCUT2D eigenvalue weighted by Gasteiger charge is -2.06. The van der Waals surface area contributed by atoms with Crippen LogP contribution in [-0.4, -0.2) is 16.8 Å². The number of benzene rings is 2. The Morgan fingerprint density at radius 1 is 1.12 bits per heavy atom. The van der Waals surface area contributed by atoms with Crippen molar-refractivity contribution < 1.29 is 19.2 Å². The van der Waals surface area contributed by atoms with E-state index < -0.39 is 10.9 Å². The summed E-state index contributed by atoms with van der Waals surface area (Å²) in [6, 6.07) is 12.4. The molecule has 7 nitrogen and oxygen atoms in total. The maximum Gasteiger partial charge on any atom is 0.306 e. The Bertz CT molecular complexity index is 777. The van der Waals surface area contributed by atoms with Gasteiger partial charge in [-0.05, 0) is 35.9 Å². The topological polar surface area (TPSA) is 98.5 Å². The van der Waals surface area contributed by atoms with Crippen LogP contribution in [0.3, 0.4) is 0 Å². The lowest BCUT2D eigenvalue weighted by atomic mass is 10.2. The van der Waals surface area contributed by atoms with Crippen LogP contribution in [0.25, 0.3) is 0 Å². The van der Waals surface area contributed by atoms with E-state index in [1.54, 1.807) is 24.3 Å². The van der Waals surface area contributed by atoms with E-state index in [0.717, 1.165) is 0 Å². The lowest BCUT2D eigenvalue weighted by molar-refractivity contribution is -0.384. The average molecular weight is 363 g/mol. The summed E-state index contributed by atoms with van der Waals surface area (Å²) in [5.41, 5.74) is 1.15. The minimum absolute atomic E-state index is 0.00720. The van der Waals surface area contributed by atoms with E-state index in [9.17, 15) is 19.7 Å². The molecule has 0 aliphatic carbocycles. The van der Waals surface area contributed by atoms with E-state index in [1.165, 1.54) is 24.3 Å². The van der Waals surface area contributed by atoms with Crippen molar-refractivity contribution in [3.63, 3.8) is 0 Å². The number of nitrogens with zero attached hydrogens (tertiary/aromatic N) is 1. The van der Waals surface area contributed by atoms with Crippen molar-refractivity contribution in [2.24, 2.45) is 0 Å². The van der Waals surface area contributed by atoms with E-state index >= 15 is 0 Å². The van der Waals surface area contributed by atoms with Crippen LogP contribution in [0, 0.1) is 10.1 Å². The molecule has 0 aromatic heterocycles. The first kappa shape index (κ1) is 18.4. The maximum atomic E-state index is 11.8. The number of halogens is 1. The van der Waals surface area contributed by atoms with Crippen LogP contribution in [0.5, 0.6) is 0 Å². The largest absolute Gasteiger partial charge is 0.461 e. The number of hydrogen-bond donors (Lipinski definition) is 1. The monoisotopic (exact) mass is 362 g/mol. The van der Waals surface area contributed by atoms with Gasteiger partial charge in [-0.3, -0.25) is 19.7 Å². The molecule has 0 heterocycles. The zero-order valence-electron chi connectivity index (χ0n) is 13.1. The van der Waals surface area contributed by atoms with Crippen molar-refractivity contribution in [3.8, 4) is 0 Å². The van der Waals surface area contributed by atoms with Crippen LogP contribution in [0.15, 0.2) is 48.5 Å². The molecule has 2 rings (SSSR count). The molecule has 2 aromatic carbocycles. The van der Waals surface area contributed by atoms with E-state index in [4.69, 9.17) is 16.3 Å². The number of anilines is 1. The van der Waals surface area contributed by atoms with Gasteiger partial charge in [0, 0.05) is 29.3 Å². The van der Waals surface area contributed by atoms with Gasteiger partial charge in [0.25, 0.3) is 5.69 Å². The van der Waals surface area contributed by atoms with Gasteiger partial charge in [0.05, 0.1) is 11.3 Å². The first-order valence-corrected chi connectivity index (χ1v) is 7.76.